The third-order valence-corrected chi connectivity index (χ3v) is 5.57. The highest BCUT2D eigenvalue weighted by Gasteiger charge is 2.24. The van der Waals surface area contributed by atoms with Gasteiger partial charge in [-0.3, -0.25) is 4.79 Å². The maximum absolute atomic E-state index is 14.8. The largest absolute Gasteiger partial charge is 0.378 e. The summed E-state index contributed by atoms with van der Waals surface area (Å²) in [5.41, 5.74) is 1.79. The number of nitrogens with zero attached hydrogens (tertiary/aromatic N) is 3. The van der Waals surface area contributed by atoms with E-state index in [0.29, 0.717) is 62.0 Å². The van der Waals surface area contributed by atoms with Crippen molar-refractivity contribution in [1.82, 2.24) is 10.3 Å². The first-order valence-corrected chi connectivity index (χ1v) is 10.8. The van der Waals surface area contributed by atoms with Crippen LogP contribution in [0.3, 0.4) is 0 Å². The van der Waals surface area contributed by atoms with E-state index in [1.165, 1.54) is 6.07 Å². The Morgan fingerprint density at radius 1 is 1.16 bits per heavy atom. The maximum Gasteiger partial charge on any atom is 0.255 e. The summed E-state index contributed by atoms with van der Waals surface area (Å²) in [6.45, 7) is 8.16. The van der Waals surface area contributed by atoms with Crippen LogP contribution in [-0.4, -0.2) is 62.5 Å². The Balaban J connectivity index is 1.42. The quantitative estimate of drug-likeness (QED) is 0.790. The number of pyridine rings is 1. The molecule has 1 aromatic heterocycles. The van der Waals surface area contributed by atoms with Crippen LogP contribution in [0.4, 0.5) is 15.9 Å². The Bertz CT molecular complexity index is 909. The molecule has 0 aliphatic carbocycles. The fourth-order valence-corrected chi connectivity index (χ4v) is 4.17. The van der Waals surface area contributed by atoms with Crippen LogP contribution in [0.2, 0.25) is 0 Å². The van der Waals surface area contributed by atoms with Gasteiger partial charge in [0.05, 0.1) is 36.7 Å². The van der Waals surface area contributed by atoms with Gasteiger partial charge in [0.2, 0.25) is 0 Å². The average Bonchev–Trinajstić information content (AvgIpc) is 2.77. The fourth-order valence-electron chi connectivity index (χ4n) is 4.17. The van der Waals surface area contributed by atoms with Gasteiger partial charge < -0.3 is 24.6 Å². The number of benzene rings is 1. The maximum atomic E-state index is 14.8. The monoisotopic (exact) mass is 428 g/mol. The summed E-state index contributed by atoms with van der Waals surface area (Å²) >= 11 is 0. The molecule has 0 radical (unpaired) electrons. The van der Waals surface area contributed by atoms with Crippen LogP contribution in [0.1, 0.15) is 29.8 Å². The average molecular weight is 429 g/mol. The molecule has 31 heavy (non-hydrogen) atoms. The smallest absolute Gasteiger partial charge is 0.255 e. The molecule has 2 aliphatic heterocycles. The number of hydrogen-bond donors (Lipinski definition) is 1. The number of morpholine rings is 2. The molecule has 2 aromatic rings. The van der Waals surface area contributed by atoms with Crippen molar-refractivity contribution in [2.45, 2.75) is 32.6 Å². The van der Waals surface area contributed by atoms with E-state index in [4.69, 9.17) is 9.47 Å². The van der Waals surface area contributed by atoms with E-state index in [2.05, 4.69) is 15.2 Å². The standard InChI is InChI=1S/C23H29FN4O3/c1-16-14-28(15-17(2)31-16)21-6-5-18(12-20(21)24)13-26-23(29)19-4-3-7-25-22(19)27-8-10-30-11-9-27/h3-7,12,16-17H,8-11,13-15H2,1-2H3,(H,26,29). The highest BCUT2D eigenvalue weighted by Crippen LogP contribution is 2.25. The van der Waals surface area contributed by atoms with Gasteiger partial charge in [-0.15, -0.1) is 0 Å². The van der Waals surface area contributed by atoms with Crippen molar-refractivity contribution in [1.29, 1.82) is 0 Å². The van der Waals surface area contributed by atoms with E-state index < -0.39 is 0 Å². The van der Waals surface area contributed by atoms with Crippen molar-refractivity contribution in [3.8, 4) is 0 Å². The van der Waals surface area contributed by atoms with Crippen molar-refractivity contribution >= 4 is 17.4 Å². The molecule has 2 fully saturated rings. The van der Waals surface area contributed by atoms with Crippen molar-refractivity contribution < 1.29 is 18.7 Å². The van der Waals surface area contributed by atoms with Crippen LogP contribution < -0.4 is 15.1 Å². The number of aromatic nitrogens is 1. The zero-order valence-corrected chi connectivity index (χ0v) is 18.0. The highest BCUT2D eigenvalue weighted by atomic mass is 19.1. The summed E-state index contributed by atoms with van der Waals surface area (Å²) in [6.07, 6.45) is 1.80. The molecule has 8 heteroatoms. The van der Waals surface area contributed by atoms with Gasteiger partial charge in [-0.05, 0) is 43.7 Å². The Hall–Kier alpha value is -2.71. The van der Waals surface area contributed by atoms with Gasteiger partial charge in [-0.1, -0.05) is 6.07 Å². The Kier molecular flexibility index (Phi) is 6.67. The Labute approximate surface area is 182 Å². The van der Waals surface area contributed by atoms with Gasteiger partial charge in [0.1, 0.15) is 11.6 Å². The summed E-state index contributed by atoms with van der Waals surface area (Å²) in [6, 6.07) is 8.64. The van der Waals surface area contributed by atoms with Gasteiger partial charge in [-0.2, -0.15) is 0 Å². The zero-order chi connectivity index (χ0) is 21.8. The van der Waals surface area contributed by atoms with E-state index >= 15 is 0 Å². The number of anilines is 2. The summed E-state index contributed by atoms with van der Waals surface area (Å²) in [5, 5.41) is 2.90. The normalized spacial score (nSPS) is 21.8. The number of rotatable bonds is 5. The lowest BCUT2D eigenvalue weighted by Crippen LogP contribution is -2.45. The van der Waals surface area contributed by atoms with Crippen molar-refractivity contribution in [2.24, 2.45) is 0 Å². The molecule has 2 aliphatic rings. The first-order chi connectivity index (χ1) is 15.0. The first-order valence-electron chi connectivity index (χ1n) is 10.8. The van der Waals surface area contributed by atoms with Gasteiger partial charge in [0.25, 0.3) is 5.91 Å². The summed E-state index contributed by atoms with van der Waals surface area (Å²) in [7, 11) is 0. The van der Waals surface area contributed by atoms with Crippen LogP contribution in [0.15, 0.2) is 36.5 Å². The predicted octanol–water partition coefficient (Wildman–Crippen LogP) is 2.60. The van der Waals surface area contributed by atoms with Crippen LogP contribution in [0, 0.1) is 5.82 Å². The highest BCUT2D eigenvalue weighted by molar-refractivity contribution is 5.98. The second kappa shape index (κ2) is 9.62. The van der Waals surface area contributed by atoms with Crippen LogP contribution in [0.5, 0.6) is 0 Å². The van der Waals surface area contributed by atoms with Crippen LogP contribution in [-0.2, 0) is 16.0 Å². The molecule has 0 spiro atoms. The molecule has 2 atom stereocenters. The zero-order valence-electron chi connectivity index (χ0n) is 18.0. The van der Waals surface area contributed by atoms with Crippen molar-refractivity contribution in [3.63, 3.8) is 0 Å². The first kappa shape index (κ1) is 21.5. The molecular formula is C23H29FN4O3. The number of ether oxygens (including phenoxy) is 2. The summed E-state index contributed by atoms with van der Waals surface area (Å²) in [4.78, 5) is 21.3. The van der Waals surface area contributed by atoms with Gasteiger partial charge in [0, 0.05) is 38.9 Å². The summed E-state index contributed by atoms with van der Waals surface area (Å²) in [5.74, 6) is 0.138. The molecular weight excluding hydrogens is 399 g/mol. The minimum atomic E-state index is -0.288. The topological polar surface area (TPSA) is 66.9 Å². The molecule has 1 N–H and O–H groups in total. The second-order valence-corrected chi connectivity index (χ2v) is 8.10. The number of carbonyl (C=O) groups excluding carboxylic acids is 1. The van der Waals surface area contributed by atoms with E-state index in [9.17, 15) is 9.18 Å². The Morgan fingerprint density at radius 2 is 1.90 bits per heavy atom. The SMILES string of the molecule is CC1CN(c2ccc(CNC(=O)c3cccnc3N3CCOCC3)cc2F)CC(C)O1. The lowest BCUT2D eigenvalue weighted by Gasteiger charge is -2.37. The predicted molar refractivity (Wildman–Crippen MR) is 117 cm³/mol. The minimum Gasteiger partial charge on any atom is -0.378 e. The van der Waals surface area contributed by atoms with Crippen molar-refractivity contribution in [2.75, 3.05) is 49.2 Å². The third kappa shape index (κ3) is 5.14. The minimum absolute atomic E-state index is 0.0576. The molecule has 0 saturated carbocycles. The number of amides is 1. The van der Waals surface area contributed by atoms with Crippen LogP contribution in [0.25, 0.3) is 0 Å². The van der Waals surface area contributed by atoms with Crippen molar-refractivity contribution in [3.05, 3.63) is 53.5 Å². The van der Waals surface area contributed by atoms with Gasteiger partial charge in [0.15, 0.2) is 0 Å². The molecule has 0 bridgehead atoms. The number of halogens is 1. The molecule has 4 rings (SSSR count). The molecule has 3 heterocycles. The van der Waals surface area contributed by atoms with E-state index in [-0.39, 0.29) is 30.5 Å². The third-order valence-electron chi connectivity index (χ3n) is 5.57. The lowest BCUT2D eigenvalue weighted by molar-refractivity contribution is -0.00539. The number of carbonyl (C=O) groups is 1. The Morgan fingerprint density at radius 3 is 2.61 bits per heavy atom. The second-order valence-electron chi connectivity index (χ2n) is 8.10. The molecule has 7 nitrogen and oxygen atoms in total. The lowest BCUT2D eigenvalue weighted by atomic mass is 10.1. The van der Waals surface area contributed by atoms with E-state index in [0.717, 1.165) is 0 Å². The van der Waals surface area contributed by atoms with E-state index in [1.54, 1.807) is 24.4 Å². The van der Waals surface area contributed by atoms with Gasteiger partial charge >= 0.3 is 0 Å². The number of hydrogen-bond acceptors (Lipinski definition) is 6. The van der Waals surface area contributed by atoms with E-state index in [1.807, 2.05) is 24.8 Å². The number of nitrogens with one attached hydrogen (secondary N) is 1. The molecule has 166 valence electrons. The molecule has 2 unspecified atom stereocenters. The molecule has 2 saturated heterocycles. The molecule has 1 amide bonds. The molecule has 1 aromatic carbocycles. The van der Waals surface area contributed by atoms with Gasteiger partial charge in [-0.25, -0.2) is 9.37 Å². The van der Waals surface area contributed by atoms with Crippen LogP contribution >= 0.6 is 0 Å². The fraction of sp³-hybridized carbons (Fsp3) is 0.478. The summed E-state index contributed by atoms with van der Waals surface area (Å²) < 4.78 is 25.9.